The molecule has 1 N–H and O–H groups in total. The summed E-state index contributed by atoms with van der Waals surface area (Å²) < 4.78 is 0. The smallest absolute Gasteiger partial charge is 0.225 e. The number of carbonyl (C=O) groups excluding carboxylic acids is 2. The van der Waals surface area contributed by atoms with Crippen molar-refractivity contribution < 1.29 is 14.7 Å². The molecule has 1 fully saturated rings. The highest BCUT2D eigenvalue weighted by Crippen LogP contribution is 2.24. The van der Waals surface area contributed by atoms with E-state index >= 15 is 0 Å². The Morgan fingerprint density at radius 2 is 1.45 bits per heavy atom. The number of rotatable bonds is 6. The Labute approximate surface area is 121 Å². The molecule has 0 spiro atoms. The third-order valence-electron chi connectivity index (χ3n) is 3.99. The zero-order valence-corrected chi connectivity index (χ0v) is 13.0. The molecule has 0 aliphatic carbocycles. The summed E-state index contributed by atoms with van der Waals surface area (Å²) in [6.45, 7) is 7.95. The summed E-state index contributed by atoms with van der Waals surface area (Å²) in [6.07, 6.45) is 3.29. The van der Waals surface area contributed by atoms with E-state index in [-0.39, 0.29) is 18.2 Å². The SMILES string of the molecule is CCCC(O)(CCC)CC(=O)N1CCN(C(C)=O)CC1. The van der Waals surface area contributed by atoms with Crippen LogP contribution in [0.1, 0.15) is 52.9 Å². The Balaban J connectivity index is 2.52. The molecular weight excluding hydrogens is 256 g/mol. The summed E-state index contributed by atoms with van der Waals surface area (Å²) >= 11 is 0. The van der Waals surface area contributed by atoms with E-state index in [0.717, 1.165) is 12.8 Å². The van der Waals surface area contributed by atoms with Gasteiger partial charge in [-0.2, -0.15) is 0 Å². The highest BCUT2D eigenvalue weighted by atomic mass is 16.3. The molecule has 5 heteroatoms. The normalized spacial score (nSPS) is 16.4. The number of piperazine rings is 1. The van der Waals surface area contributed by atoms with Crippen LogP contribution in [0.2, 0.25) is 0 Å². The van der Waals surface area contributed by atoms with Crippen molar-refractivity contribution in [2.75, 3.05) is 26.2 Å². The molecule has 0 aromatic rings. The molecule has 1 rings (SSSR count). The van der Waals surface area contributed by atoms with Gasteiger partial charge in [-0.05, 0) is 12.8 Å². The Bertz CT molecular complexity index is 330. The van der Waals surface area contributed by atoms with Gasteiger partial charge in [-0.1, -0.05) is 26.7 Å². The van der Waals surface area contributed by atoms with E-state index < -0.39 is 5.60 Å². The molecular formula is C15H28N2O3. The second-order valence-electron chi connectivity index (χ2n) is 5.79. The van der Waals surface area contributed by atoms with E-state index in [9.17, 15) is 14.7 Å². The monoisotopic (exact) mass is 284 g/mol. The first-order valence-corrected chi connectivity index (χ1v) is 7.67. The Morgan fingerprint density at radius 1 is 1.00 bits per heavy atom. The van der Waals surface area contributed by atoms with Crippen LogP contribution in [0, 0.1) is 0 Å². The first-order valence-electron chi connectivity index (χ1n) is 7.67. The summed E-state index contributed by atoms with van der Waals surface area (Å²) in [5.41, 5.74) is -0.863. The number of amides is 2. The van der Waals surface area contributed by atoms with Crippen molar-refractivity contribution >= 4 is 11.8 Å². The summed E-state index contributed by atoms with van der Waals surface area (Å²) in [5, 5.41) is 10.5. The molecule has 0 atom stereocenters. The molecule has 0 aromatic carbocycles. The topological polar surface area (TPSA) is 60.9 Å². The average Bonchev–Trinajstić information content (AvgIpc) is 2.39. The van der Waals surface area contributed by atoms with E-state index in [4.69, 9.17) is 0 Å². The van der Waals surface area contributed by atoms with Crippen molar-refractivity contribution in [1.82, 2.24) is 9.80 Å². The molecule has 5 nitrogen and oxygen atoms in total. The quantitative estimate of drug-likeness (QED) is 0.802. The minimum Gasteiger partial charge on any atom is -0.389 e. The lowest BCUT2D eigenvalue weighted by Gasteiger charge is -2.36. The van der Waals surface area contributed by atoms with Crippen molar-refractivity contribution in [1.29, 1.82) is 0 Å². The summed E-state index contributed by atoms with van der Waals surface area (Å²) in [7, 11) is 0. The van der Waals surface area contributed by atoms with Gasteiger partial charge in [-0.15, -0.1) is 0 Å². The molecule has 1 aliphatic rings. The van der Waals surface area contributed by atoms with E-state index in [1.165, 1.54) is 0 Å². The van der Waals surface area contributed by atoms with Gasteiger partial charge in [0.15, 0.2) is 0 Å². The van der Waals surface area contributed by atoms with Crippen molar-refractivity contribution in [2.24, 2.45) is 0 Å². The summed E-state index contributed by atoms with van der Waals surface area (Å²) in [5.74, 6) is 0.0724. The predicted molar refractivity (Wildman–Crippen MR) is 78.2 cm³/mol. The molecule has 116 valence electrons. The molecule has 1 heterocycles. The second kappa shape index (κ2) is 7.62. The van der Waals surface area contributed by atoms with Crippen LogP contribution in [0.15, 0.2) is 0 Å². The molecule has 0 radical (unpaired) electrons. The van der Waals surface area contributed by atoms with Crippen molar-refractivity contribution in [3.05, 3.63) is 0 Å². The van der Waals surface area contributed by atoms with Crippen LogP contribution in [-0.4, -0.2) is 58.5 Å². The van der Waals surface area contributed by atoms with Gasteiger partial charge >= 0.3 is 0 Å². The summed E-state index contributed by atoms with van der Waals surface area (Å²) in [4.78, 5) is 27.1. The molecule has 1 saturated heterocycles. The fourth-order valence-corrected chi connectivity index (χ4v) is 2.90. The lowest BCUT2D eigenvalue weighted by molar-refractivity contribution is -0.142. The van der Waals surface area contributed by atoms with Crippen molar-refractivity contribution in [3.8, 4) is 0 Å². The van der Waals surface area contributed by atoms with Crippen molar-refractivity contribution in [3.63, 3.8) is 0 Å². The fourth-order valence-electron chi connectivity index (χ4n) is 2.90. The van der Waals surface area contributed by atoms with Crippen molar-refractivity contribution in [2.45, 2.75) is 58.5 Å². The van der Waals surface area contributed by atoms with Gasteiger partial charge in [0.2, 0.25) is 11.8 Å². The molecule has 0 bridgehead atoms. The fraction of sp³-hybridized carbons (Fsp3) is 0.867. The van der Waals surface area contributed by atoms with Crippen LogP contribution in [0.5, 0.6) is 0 Å². The van der Waals surface area contributed by atoms with E-state index in [1.807, 2.05) is 13.8 Å². The van der Waals surface area contributed by atoms with Crippen LogP contribution in [0.4, 0.5) is 0 Å². The maximum atomic E-state index is 12.3. The number of hydrogen-bond acceptors (Lipinski definition) is 3. The van der Waals surface area contributed by atoms with Gasteiger partial charge in [0.25, 0.3) is 0 Å². The third-order valence-corrected chi connectivity index (χ3v) is 3.99. The van der Waals surface area contributed by atoms with Gasteiger partial charge in [0, 0.05) is 33.1 Å². The number of hydrogen-bond donors (Lipinski definition) is 1. The van der Waals surface area contributed by atoms with Crippen LogP contribution >= 0.6 is 0 Å². The van der Waals surface area contributed by atoms with E-state index in [0.29, 0.717) is 39.0 Å². The molecule has 2 amide bonds. The third kappa shape index (κ3) is 4.78. The standard InChI is InChI=1S/C15H28N2O3/c1-4-6-15(20,7-5-2)12-14(19)17-10-8-16(9-11-17)13(3)18/h20H,4-12H2,1-3H3. The predicted octanol–water partition coefficient (Wildman–Crippen LogP) is 1.40. The average molecular weight is 284 g/mol. The number of carbonyl (C=O) groups is 2. The molecule has 0 saturated carbocycles. The first-order chi connectivity index (χ1) is 9.41. The maximum Gasteiger partial charge on any atom is 0.225 e. The molecule has 20 heavy (non-hydrogen) atoms. The lowest BCUT2D eigenvalue weighted by atomic mass is 9.88. The Hall–Kier alpha value is -1.10. The minimum absolute atomic E-state index is 0.0117. The Kier molecular flexibility index (Phi) is 6.46. The van der Waals surface area contributed by atoms with Gasteiger partial charge in [0.05, 0.1) is 12.0 Å². The zero-order chi connectivity index (χ0) is 15.2. The van der Waals surface area contributed by atoms with Crippen LogP contribution in [-0.2, 0) is 9.59 Å². The second-order valence-corrected chi connectivity index (χ2v) is 5.79. The maximum absolute atomic E-state index is 12.3. The van der Waals surface area contributed by atoms with Gasteiger partial charge in [0.1, 0.15) is 0 Å². The highest BCUT2D eigenvalue weighted by Gasteiger charge is 2.31. The van der Waals surface area contributed by atoms with Crippen LogP contribution < -0.4 is 0 Å². The largest absolute Gasteiger partial charge is 0.389 e. The van der Waals surface area contributed by atoms with E-state index in [2.05, 4.69) is 0 Å². The van der Waals surface area contributed by atoms with Gasteiger partial charge < -0.3 is 14.9 Å². The lowest BCUT2D eigenvalue weighted by Crippen LogP contribution is -2.51. The first kappa shape index (κ1) is 17.0. The summed E-state index contributed by atoms with van der Waals surface area (Å²) in [6, 6.07) is 0. The van der Waals surface area contributed by atoms with E-state index in [1.54, 1.807) is 16.7 Å². The highest BCUT2D eigenvalue weighted by molar-refractivity contribution is 5.78. The number of aliphatic hydroxyl groups is 1. The molecule has 0 aromatic heterocycles. The Morgan fingerprint density at radius 3 is 1.85 bits per heavy atom. The molecule has 0 unspecified atom stereocenters. The van der Waals surface area contributed by atoms with Crippen LogP contribution in [0.25, 0.3) is 0 Å². The number of nitrogens with zero attached hydrogens (tertiary/aromatic N) is 2. The minimum atomic E-state index is -0.863. The van der Waals surface area contributed by atoms with Gasteiger partial charge in [-0.3, -0.25) is 9.59 Å². The van der Waals surface area contributed by atoms with Crippen LogP contribution in [0.3, 0.4) is 0 Å². The zero-order valence-electron chi connectivity index (χ0n) is 13.0. The molecule has 1 aliphatic heterocycles. The van der Waals surface area contributed by atoms with Gasteiger partial charge in [-0.25, -0.2) is 0 Å².